The van der Waals surface area contributed by atoms with E-state index in [0.717, 1.165) is 34.5 Å². The first-order chi connectivity index (χ1) is 16.0. The van der Waals surface area contributed by atoms with Gasteiger partial charge in [0.2, 0.25) is 15.9 Å². The summed E-state index contributed by atoms with van der Waals surface area (Å²) >= 11 is 1.02. The molecular formula is C22H23N5O4S2. The summed E-state index contributed by atoms with van der Waals surface area (Å²) < 4.78 is 47.4. The minimum absolute atomic E-state index is 0.221. The van der Waals surface area contributed by atoms with Crippen LogP contribution in [0.25, 0.3) is 22.5 Å². The molecule has 11 heteroatoms. The Balaban J connectivity index is 1.26. The number of fused-ring (bicyclic) bond motifs is 1. The first-order valence-electron chi connectivity index (χ1n) is 10.5. The molecule has 0 atom stereocenters. The molecule has 0 unspecified atom stereocenters. The van der Waals surface area contributed by atoms with Crippen LogP contribution >= 0.6 is 11.7 Å². The van der Waals surface area contributed by atoms with Gasteiger partial charge in [-0.1, -0.05) is 6.07 Å². The van der Waals surface area contributed by atoms with Crippen LogP contribution in [0, 0.1) is 6.92 Å². The second kappa shape index (κ2) is 8.82. The lowest BCUT2D eigenvalue weighted by atomic mass is 10.2. The Bertz CT molecular complexity index is 1370. The van der Waals surface area contributed by atoms with Gasteiger partial charge in [0, 0.05) is 38.3 Å². The van der Waals surface area contributed by atoms with Gasteiger partial charge in [0.25, 0.3) is 0 Å². The Kier molecular flexibility index (Phi) is 5.87. The molecule has 0 amide bonds. The van der Waals surface area contributed by atoms with Gasteiger partial charge in [0.05, 0.1) is 24.5 Å². The lowest BCUT2D eigenvalue weighted by Gasteiger charge is -2.33. The number of benzene rings is 2. The summed E-state index contributed by atoms with van der Waals surface area (Å²) in [4.78, 5) is 7.09. The van der Waals surface area contributed by atoms with E-state index in [2.05, 4.69) is 18.6 Å². The van der Waals surface area contributed by atoms with Crippen LogP contribution in [0.1, 0.15) is 11.5 Å². The van der Waals surface area contributed by atoms with Crippen molar-refractivity contribution in [2.24, 2.45) is 0 Å². The molecule has 0 radical (unpaired) electrons. The molecule has 3 heterocycles. The molecule has 0 aliphatic carbocycles. The van der Waals surface area contributed by atoms with Gasteiger partial charge in [-0.2, -0.15) is 13.1 Å². The number of ether oxygens (including phenoxy) is 1. The topological polar surface area (TPSA) is 102 Å². The highest BCUT2D eigenvalue weighted by Crippen LogP contribution is 2.27. The van der Waals surface area contributed by atoms with Gasteiger partial charge < -0.3 is 9.15 Å². The Morgan fingerprint density at radius 1 is 1.06 bits per heavy atom. The molecule has 1 fully saturated rings. The number of piperazine rings is 1. The van der Waals surface area contributed by atoms with Gasteiger partial charge in [-0.15, -0.1) is 0 Å². The highest BCUT2D eigenvalue weighted by molar-refractivity contribution is 7.89. The molecule has 0 N–H and O–H groups in total. The first kappa shape index (κ1) is 22.0. The van der Waals surface area contributed by atoms with Crippen LogP contribution in [-0.4, -0.2) is 64.6 Å². The molecule has 5 rings (SSSR count). The monoisotopic (exact) mass is 485 g/mol. The summed E-state index contributed by atoms with van der Waals surface area (Å²) in [6.45, 7) is 4.52. The van der Waals surface area contributed by atoms with Gasteiger partial charge in [-0.25, -0.2) is 13.4 Å². The summed E-state index contributed by atoms with van der Waals surface area (Å²) in [7, 11) is -2.01. The van der Waals surface area contributed by atoms with Crippen molar-refractivity contribution in [3.63, 3.8) is 0 Å². The molecule has 1 saturated heterocycles. The summed E-state index contributed by atoms with van der Waals surface area (Å²) in [5.41, 5.74) is 2.78. The van der Waals surface area contributed by atoms with E-state index in [0.29, 0.717) is 49.6 Å². The SMILES string of the molecule is COc1ccc(-c2nc(CN3CCN(S(=O)(=O)c4cccc5nsnc45)CC3)c(C)o2)cc1. The number of methoxy groups -OCH3 is 1. The zero-order valence-electron chi connectivity index (χ0n) is 18.3. The Morgan fingerprint density at radius 3 is 2.55 bits per heavy atom. The Morgan fingerprint density at radius 2 is 1.82 bits per heavy atom. The maximum atomic E-state index is 13.2. The molecule has 33 heavy (non-hydrogen) atoms. The lowest BCUT2D eigenvalue weighted by Crippen LogP contribution is -2.48. The molecule has 2 aromatic heterocycles. The quantitative estimate of drug-likeness (QED) is 0.410. The standard InChI is InChI=1S/C22H23N5O4S2/c1-15-19(23-22(31-15)16-6-8-17(30-2)9-7-16)14-26-10-12-27(13-11-26)33(28,29)20-5-3-4-18-21(20)25-32-24-18/h3-9H,10-14H2,1-2H3. The van der Waals surface area contributed by atoms with Gasteiger partial charge in [-0.05, 0) is 43.3 Å². The molecule has 1 aliphatic rings. The van der Waals surface area contributed by atoms with Crippen molar-refractivity contribution in [3.8, 4) is 17.2 Å². The summed E-state index contributed by atoms with van der Waals surface area (Å²) in [6, 6.07) is 12.7. The number of nitrogens with zero attached hydrogens (tertiary/aromatic N) is 5. The van der Waals surface area contributed by atoms with Crippen LogP contribution in [0.3, 0.4) is 0 Å². The van der Waals surface area contributed by atoms with Gasteiger partial charge in [-0.3, -0.25) is 4.90 Å². The second-order valence-electron chi connectivity index (χ2n) is 7.82. The smallest absolute Gasteiger partial charge is 0.245 e. The average molecular weight is 486 g/mol. The van der Waals surface area contributed by atoms with E-state index in [4.69, 9.17) is 9.15 Å². The lowest BCUT2D eigenvalue weighted by molar-refractivity contribution is 0.179. The number of hydrogen-bond donors (Lipinski definition) is 0. The van der Waals surface area contributed by atoms with Crippen molar-refractivity contribution in [2.45, 2.75) is 18.4 Å². The third-order valence-electron chi connectivity index (χ3n) is 5.80. The van der Waals surface area contributed by atoms with Crippen molar-refractivity contribution < 1.29 is 17.6 Å². The van der Waals surface area contributed by atoms with E-state index in [1.807, 2.05) is 31.2 Å². The largest absolute Gasteiger partial charge is 0.497 e. The van der Waals surface area contributed by atoms with Gasteiger partial charge >= 0.3 is 0 Å². The van der Waals surface area contributed by atoms with E-state index >= 15 is 0 Å². The highest BCUT2D eigenvalue weighted by atomic mass is 32.2. The van der Waals surface area contributed by atoms with E-state index in [9.17, 15) is 8.42 Å². The van der Waals surface area contributed by atoms with E-state index in [1.165, 1.54) is 4.31 Å². The summed E-state index contributed by atoms with van der Waals surface area (Å²) in [5.74, 6) is 2.10. The van der Waals surface area contributed by atoms with Crippen LogP contribution < -0.4 is 4.74 Å². The molecule has 0 saturated carbocycles. The third-order valence-corrected chi connectivity index (χ3v) is 8.27. The number of aromatic nitrogens is 3. The van der Waals surface area contributed by atoms with Crippen LogP contribution in [0.2, 0.25) is 0 Å². The maximum Gasteiger partial charge on any atom is 0.245 e. The molecule has 0 spiro atoms. The van der Waals surface area contributed by atoms with Crippen LogP contribution in [0.15, 0.2) is 51.8 Å². The zero-order valence-corrected chi connectivity index (χ0v) is 19.9. The maximum absolute atomic E-state index is 13.2. The molecule has 172 valence electrons. The van der Waals surface area contributed by atoms with Gasteiger partial charge in [0.1, 0.15) is 27.4 Å². The zero-order chi connectivity index (χ0) is 23.0. The van der Waals surface area contributed by atoms with Crippen molar-refractivity contribution >= 4 is 32.8 Å². The third kappa shape index (κ3) is 4.24. The average Bonchev–Trinajstić information content (AvgIpc) is 3.46. The minimum Gasteiger partial charge on any atom is -0.497 e. The van der Waals surface area contributed by atoms with Crippen molar-refractivity contribution in [1.82, 2.24) is 22.9 Å². The van der Waals surface area contributed by atoms with Crippen LogP contribution in [-0.2, 0) is 16.6 Å². The van der Waals surface area contributed by atoms with Crippen molar-refractivity contribution in [1.29, 1.82) is 0 Å². The van der Waals surface area contributed by atoms with E-state index in [-0.39, 0.29) is 4.90 Å². The molecule has 9 nitrogen and oxygen atoms in total. The molecule has 4 aromatic rings. The number of rotatable bonds is 6. The number of hydrogen-bond acceptors (Lipinski definition) is 9. The number of oxazole rings is 1. The normalized spacial score (nSPS) is 15.8. The van der Waals surface area contributed by atoms with E-state index in [1.54, 1.807) is 25.3 Å². The fraction of sp³-hybridized carbons (Fsp3) is 0.318. The number of aryl methyl sites for hydroxylation is 1. The first-order valence-corrected chi connectivity index (χ1v) is 12.7. The van der Waals surface area contributed by atoms with Gasteiger partial charge in [0.15, 0.2) is 0 Å². The molecule has 2 aromatic carbocycles. The fourth-order valence-electron chi connectivity index (χ4n) is 3.90. The highest BCUT2D eigenvalue weighted by Gasteiger charge is 2.31. The predicted octanol–water partition coefficient (Wildman–Crippen LogP) is 3.17. The van der Waals surface area contributed by atoms with Crippen LogP contribution in [0.5, 0.6) is 5.75 Å². The van der Waals surface area contributed by atoms with Crippen LogP contribution in [0.4, 0.5) is 0 Å². The van der Waals surface area contributed by atoms with Crippen molar-refractivity contribution in [3.05, 3.63) is 53.9 Å². The molecule has 1 aliphatic heterocycles. The summed E-state index contributed by atoms with van der Waals surface area (Å²) in [6.07, 6.45) is 0. The summed E-state index contributed by atoms with van der Waals surface area (Å²) in [5, 5.41) is 0. The Hall–Kier alpha value is -2.86. The molecular weight excluding hydrogens is 462 g/mol. The van der Waals surface area contributed by atoms with Crippen molar-refractivity contribution in [2.75, 3.05) is 33.3 Å². The minimum atomic E-state index is -3.63. The number of sulfonamides is 1. The second-order valence-corrected chi connectivity index (χ2v) is 10.3. The predicted molar refractivity (Wildman–Crippen MR) is 125 cm³/mol. The Labute approximate surface area is 196 Å². The van der Waals surface area contributed by atoms with E-state index < -0.39 is 10.0 Å². The molecule has 0 bridgehead atoms. The fourth-order valence-corrected chi connectivity index (χ4v) is 6.07.